The van der Waals surface area contributed by atoms with Crippen LogP contribution in [0.2, 0.25) is 0 Å². The van der Waals surface area contributed by atoms with Crippen molar-refractivity contribution in [1.82, 2.24) is 4.98 Å². The SMILES string of the molecule is CC(C)(C)S(=O)(=O)c1ccc(N2CCC(Nc3ccccc3)CC2)cn1. The van der Waals surface area contributed by atoms with E-state index in [-0.39, 0.29) is 5.03 Å². The highest BCUT2D eigenvalue weighted by atomic mass is 32.2. The standard InChI is InChI=1S/C20H27N3O2S/c1-20(2,3)26(24,25)19-10-9-18(15-21-19)23-13-11-17(12-14-23)22-16-7-5-4-6-8-16/h4-10,15,17,22H,11-14H2,1-3H3. The van der Waals surface area contributed by atoms with Gasteiger partial charge in [-0.25, -0.2) is 13.4 Å². The largest absolute Gasteiger partial charge is 0.382 e. The Hall–Kier alpha value is -2.08. The van der Waals surface area contributed by atoms with Crippen molar-refractivity contribution in [1.29, 1.82) is 0 Å². The summed E-state index contributed by atoms with van der Waals surface area (Å²) in [5.41, 5.74) is 2.14. The lowest BCUT2D eigenvalue weighted by Gasteiger charge is -2.34. The van der Waals surface area contributed by atoms with Gasteiger partial charge in [0, 0.05) is 24.8 Å². The lowest BCUT2D eigenvalue weighted by molar-refractivity contribution is 0.526. The number of benzene rings is 1. The first kappa shape index (κ1) is 18.7. The fraction of sp³-hybridized carbons (Fsp3) is 0.450. The predicted molar refractivity (Wildman–Crippen MR) is 106 cm³/mol. The van der Waals surface area contributed by atoms with Crippen LogP contribution in [-0.2, 0) is 9.84 Å². The van der Waals surface area contributed by atoms with Gasteiger partial charge in [-0.05, 0) is 57.9 Å². The fourth-order valence-corrected chi connectivity index (χ4v) is 4.15. The Morgan fingerprint density at radius 3 is 2.23 bits per heavy atom. The zero-order valence-electron chi connectivity index (χ0n) is 15.6. The van der Waals surface area contributed by atoms with Crippen LogP contribution < -0.4 is 10.2 Å². The molecule has 0 radical (unpaired) electrons. The second-order valence-electron chi connectivity index (χ2n) is 7.74. The molecule has 5 nitrogen and oxygen atoms in total. The van der Waals surface area contributed by atoms with E-state index in [0.29, 0.717) is 6.04 Å². The molecule has 0 atom stereocenters. The van der Waals surface area contributed by atoms with Gasteiger partial charge in [-0.3, -0.25) is 0 Å². The van der Waals surface area contributed by atoms with Gasteiger partial charge in [-0.2, -0.15) is 0 Å². The van der Waals surface area contributed by atoms with Crippen LogP contribution in [0.25, 0.3) is 0 Å². The predicted octanol–water partition coefficient (Wildman–Crippen LogP) is 3.73. The number of hydrogen-bond acceptors (Lipinski definition) is 5. The Balaban J connectivity index is 1.61. The normalized spacial score (nSPS) is 16.5. The molecular formula is C20H27N3O2S. The summed E-state index contributed by atoms with van der Waals surface area (Å²) in [6, 6.07) is 14.2. The van der Waals surface area contributed by atoms with E-state index < -0.39 is 14.6 Å². The topological polar surface area (TPSA) is 62.3 Å². The van der Waals surface area contributed by atoms with Crippen LogP contribution in [0.15, 0.2) is 53.7 Å². The van der Waals surface area contributed by atoms with E-state index in [1.54, 1.807) is 33.0 Å². The Morgan fingerprint density at radius 1 is 1.04 bits per heavy atom. The zero-order valence-corrected chi connectivity index (χ0v) is 16.5. The van der Waals surface area contributed by atoms with Crippen LogP contribution >= 0.6 is 0 Å². The molecule has 6 heteroatoms. The molecule has 3 rings (SSSR count). The first-order chi connectivity index (χ1) is 12.3. The van der Waals surface area contributed by atoms with Crippen molar-refractivity contribution in [3.8, 4) is 0 Å². The Labute approximate surface area is 156 Å². The number of hydrogen-bond donors (Lipinski definition) is 1. The monoisotopic (exact) mass is 373 g/mol. The summed E-state index contributed by atoms with van der Waals surface area (Å²) < 4.78 is 24.1. The van der Waals surface area contributed by atoms with E-state index in [4.69, 9.17) is 0 Å². The molecule has 1 aromatic carbocycles. The maximum Gasteiger partial charge on any atom is 0.200 e. The smallest absolute Gasteiger partial charge is 0.200 e. The van der Waals surface area contributed by atoms with Gasteiger partial charge in [-0.1, -0.05) is 18.2 Å². The van der Waals surface area contributed by atoms with Gasteiger partial charge in [0.05, 0.1) is 16.6 Å². The van der Waals surface area contributed by atoms with Gasteiger partial charge < -0.3 is 10.2 Å². The molecule has 0 bridgehead atoms. The minimum Gasteiger partial charge on any atom is -0.382 e. The molecule has 1 aliphatic heterocycles. The van der Waals surface area contributed by atoms with Gasteiger partial charge in [0.2, 0.25) is 0 Å². The quantitative estimate of drug-likeness (QED) is 0.885. The molecule has 1 fully saturated rings. The Bertz CT molecular complexity index is 820. The first-order valence-corrected chi connectivity index (χ1v) is 10.5. The zero-order chi connectivity index (χ0) is 18.8. The summed E-state index contributed by atoms with van der Waals surface area (Å²) in [6.45, 7) is 6.95. The highest BCUT2D eigenvalue weighted by Crippen LogP contribution is 2.26. The molecule has 1 N–H and O–H groups in total. The number of sulfone groups is 1. The van der Waals surface area contributed by atoms with Gasteiger partial charge in [0.15, 0.2) is 14.9 Å². The number of pyridine rings is 1. The minimum absolute atomic E-state index is 0.148. The van der Waals surface area contributed by atoms with Gasteiger partial charge in [-0.15, -0.1) is 0 Å². The van der Waals surface area contributed by atoms with E-state index in [1.165, 1.54) is 0 Å². The highest BCUT2D eigenvalue weighted by molar-refractivity contribution is 7.92. The molecule has 0 aliphatic carbocycles. The van der Waals surface area contributed by atoms with Crippen molar-refractivity contribution in [3.05, 3.63) is 48.7 Å². The molecule has 2 aromatic rings. The molecule has 1 aliphatic rings. The van der Waals surface area contributed by atoms with E-state index in [9.17, 15) is 8.42 Å². The molecule has 0 saturated carbocycles. The van der Waals surface area contributed by atoms with Crippen LogP contribution in [0.3, 0.4) is 0 Å². The number of aromatic nitrogens is 1. The van der Waals surface area contributed by atoms with Crippen LogP contribution in [0.1, 0.15) is 33.6 Å². The number of rotatable bonds is 4. The summed E-state index contributed by atoms with van der Waals surface area (Å²) >= 11 is 0. The maximum atomic E-state index is 12.5. The van der Waals surface area contributed by atoms with Gasteiger partial charge >= 0.3 is 0 Å². The first-order valence-electron chi connectivity index (χ1n) is 9.04. The lowest BCUT2D eigenvalue weighted by atomic mass is 10.0. The number of para-hydroxylation sites is 1. The molecule has 0 amide bonds. The van der Waals surface area contributed by atoms with Crippen molar-refractivity contribution >= 4 is 21.2 Å². The van der Waals surface area contributed by atoms with Crippen LogP contribution in [-0.4, -0.2) is 37.3 Å². The number of nitrogens with zero attached hydrogens (tertiary/aromatic N) is 2. The second kappa shape index (κ2) is 7.27. The van der Waals surface area contributed by atoms with Gasteiger partial charge in [0.1, 0.15) is 0 Å². The molecule has 1 aromatic heterocycles. The van der Waals surface area contributed by atoms with E-state index in [2.05, 4.69) is 27.3 Å². The summed E-state index contributed by atoms with van der Waals surface area (Å²) in [4.78, 5) is 6.50. The van der Waals surface area contributed by atoms with Crippen LogP contribution in [0.5, 0.6) is 0 Å². The van der Waals surface area contributed by atoms with Crippen LogP contribution in [0.4, 0.5) is 11.4 Å². The van der Waals surface area contributed by atoms with Crippen molar-refractivity contribution in [2.75, 3.05) is 23.3 Å². The molecule has 0 spiro atoms. The molecule has 1 saturated heterocycles. The van der Waals surface area contributed by atoms with Crippen molar-refractivity contribution in [3.63, 3.8) is 0 Å². The Kier molecular flexibility index (Phi) is 5.23. The minimum atomic E-state index is -3.41. The number of piperidine rings is 1. The third-order valence-electron chi connectivity index (χ3n) is 4.81. The fourth-order valence-electron chi connectivity index (χ4n) is 3.08. The summed E-state index contributed by atoms with van der Waals surface area (Å²) in [7, 11) is -3.41. The highest BCUT2D eigenvalue weighted by Gasteiger charge is 2.32. The Morgan fingerprint density at radius 2 is 1.69 bits per heavy atom. The van der Waals surface area contributed by atoms with Crippen LogP contribution in [0, 0.1) is 0 Å². The van der Waals surface area contributed by atoms with Crippen molar-refractivity contribution < 1.29 is 8.42 Å². The van der Waals surface area contributed by atoms with E-state index >= 15 is 0 Å². The maximum absolute atomic E-state index is 12.5. The average molecular weight is 374 g/mol. The summed E-state index contributed by atoms with van der Waals surface area (Å²) in [6.07, 6.45) is 3.76. The molecule has 140 valence electrons. The molecule has 0 unspecified atom stereocenters. The number of anilines is 2. The average Bonchev–Trinajstić information content (AvgIpc) is 2.62. The molecule has 26 heavy (non-hydrogen) atoms. The van der Waals surface area contributed by atoms with Gasteiger partial charge in [0.25, 0.3) is 0 Å². The molecular weight excluding hydrogens is 346 g/mol. The summed E-state index contributed by atoms with van der Waals surface area (Å²) in [5, 5.41) is 3.72. The third-order valence-corrected chi connectivity index (χ3v) is 7.21. The van der Waals surface area contributed by atoms with Crippen molar-refractivity contribution in [2.45, 2.75) is 49.4 Å². The van der Waals surface area contributed by atoms with E-state index in [1.807, 2.05) is 24.3 Å². The second-order valence-corrected chi connectivity index (χ2v) is 10.4. The number of nitrogens with one attached hydrogen (secondary N) is 1. The van der Waals surface area contributed by atoms with E-state index in [0.717, 1.165) is 37.3 Å². The van der Waals surface area contributed by atoms with Crippen molar-refractivity contribution in [2.24, 2.45) is 0 Å². The summed E-state index contributed by atoms with van der Waals surface area (Å²) in [5.74, 6) is 0. The molecule has 2 heterocycles. The lowest BCUT2D eigenvalue weighted by Crippen LogP contribution is -2.39. The third kappa shape index (κ3) is 4.01.